The van der Waals surface area contributed by atoms with Crippen LogP contribution in [0.1, 0.15) is 34.2 Å². The van der Waals surface area contributed by atoms with E-state index in [1.807, 2.05) is 0 Å². The van der Waals surface area contributed by atoms with Crippen LogP contribution < -0.4 is 0 Å². The Morgan fingerprint density at radius 2 is 1.71 bits per heavy atom. The summed E-state index contributed by atoms with van der Waals surface area (Å²) in [5.74, 6) is -0.184. The molecule has 1 aromatic heterocycles. The molecule has 1 unspecified atom stereocenters. The number of benzene rings is 2. The van der Waals surface area contributed by atoms with E-state index in [1.54, 1.807) is 49.4 Å². The molecule has 1 heterocycles. The highest BCUT2D eigenvalue weighted by atomic mass is 35.5. The molecule has 1 aliphatic rings. The van der Waals surface area contributed by atoms with E-state index in [1.165, 1.54) is 0 Å². The summed E-state index contributed by atoms with van der Waals surface area (Å²) in [6.45, 7) is 1.57. The van der Waals surface area contributed by atoms with Gasteiger partial charge in [0.25, 0.3) is 0 Å². The van der Waals surface area contributed by atoms with E-state index in [0.29, 0.717) is 26.7 Å². The molecule has 0 aliphatic heterocycles. The van der Waals surface area contributed by atoms with Crippen LogP contribution in [-0.4, -0.2) is 16.0 Å². The number of aromatic nitrogens is 1. The number of rotatable bonds is 1. The van der Waals surface area contributed by atoms with Crippen LogP contribution >= 0.6 is 23.2 Å². The number of hydrogen-bond donors (Lipinski definition) is 1. The smallest absolute Gasteiger partial charge is 0.199 e. The predicted molar refractivity (Wildman–Crippen MR) is 90.5 cm³/mol. The lowest BCUT2D eigenvalue weighted by molar-refractivity contribution is 0.0619. The highest BCUT2D eigenvalue weighted by Gasteiger charge is 2.44. The first-order valence-corrected chi connectivity index (χ1v) is 7.99. The van der Waals surface area contributed by atoms with E-state index >= 15 is 0 Å². The minimum atomic E-state index is -1.47. The Labute approximate surface area is 147 Å². The van der Waals surface area contributed by atoms with Crippen LogP contribution in [0.5, 0.6) is 0 Å². The fourth-order valence-corrected chi connectivity index (χ4v) is 3.67. The molecule has 3 aromatic rings. The van der Waals surface area contributed by atoms with Gasteiger partial charge in [0.15, 0.2) is 11.5 Å². The van der Waals surface area contributed by atoms with Gasteiger partial charge in [-0.1, -0.05) is 58.7 Å². The second kappa shape index (κ2) is 5.18. The fourth-order valence-electron chi connectivity index (χ4n) is 3.09. The summed E-state index contributed by atoms with van der Waals surface area (Å²) in [6, 6.07) is 11.9. The van der Waals surface area contributed by atoms with Crippen molar-refractivity contribution < 1.29 is 14.4 Å². The first-order chi connectivity index (χ1) is 11.4. The van der Waals surface area contributed by atoms with Gasteiger partial charge in [-0.25, -0.2) is 0 Å². The summed E-state index contributed by atoms with van der Waals surface area (Å²) < 4.78 is 5.36. The minimum absolute atomic E-state index is 0.0946. The van der Waals surface area contributed by atoms with Gasteiger partial charge in [0.05, 0.1) is 15.6 Å². The first-order valence-electron chi connectivity index (χ1n) is 7.24. The lowest BCUT2D eigenvalue weighted by atomic mass is 9.78. The van der Waals surface area contributed by atoms with Crippen LogP contribution in [-0.2, 0) is 5.60 Å². The number of halogens is 2. The Morgan fingerprint density at radius 3 is 2.42 bits per heavy atom. The van der Waals surface area contributed by atoms with Gasteiger partial charge in [-0.15, -0.1) is 0 Å². The number of nitrogens with zero attached hydrogens (tertiary/aromatic N) is 1. The maximum atomic E-state index is 13.0. The molecule has 4 nitrogen and oxygen atoms in total. The molecule has 1 N–H and O–H groups in total. The van der Waals surface area contributed by atoms with Crippen LogP contribution in [0.3, 0.4) is 0 Å². The molecule has 0 bridgehead atoms. The maximum Gasteiger partial charge on any atom is 0.199 e. The summed E-state index contributed by atoms with van der Waals surface area (Å²) in [4.78, 5) is 13.0. The third-order valence-corrected chi connectivity index (χ3v) is 4.89. The van der Waals surface area contributed by atoms with Crippen LogP contribution in [0, 0.1) is 0 Å². The van der Waals surface area contributed by atoms with Gasteiger partial charge in [0.1, 0.15) is 11.3 Å². The summed E-state index contributed by atoms with van der Waals surface area (Å²) in [5.41, 5.74) is 0.250. The van der Waals surface area contributed by atoms with Crippen LogP contribution in [0.4, 0.5) is 0 Å². The molecule has 0 saturated carbocycles. The largest absolute Gasteiger partial charge is 0.377 e. The normalized spacial score (nSPS) is 19.1. The summed E-state index contributed by atoms with van der Waals surface area (Å²) in [6.07, 6.45) is 0. The Hall–Kier alpha value is -2.14. The van der Waals surface area contributed by atoms with E-state index in [0.717, 1.165) is 0 Å². The second-order valence-corrected chi connectivity index (χ2v) is 6.59. The number of carbonyl (C=O) groups excluding carboxylic acids is 1. The highest BCUT2D eigenvalue weighted by Crippen LogP contribution is 2.45. The highest BCUT2D eigenvalue weighted by molar-refractivity contribution is 6.39. The van der Waals surface area contributed by atoms with Crippen molar-refractivity contribution in [3.05, 3.63) is 75.0 Å². The number of carbonyl (C=O) groups is 1. The van der Waals surface area contributed by atoms with E-state index in [9.17, 15) is 9.90 Å². The Balaban J connectivity index is 2.04. The topological polar surface area (TPSA) is 63.3 Å². The molecular formula is C18H11Cl2NO3. The van der Waals surface area contributed by atoms with Crippen molar-refractivity contribution in [1.82, 2.24) is 5.16 Å². The van der Waals surface area contributed by atoms with E-state index in [-0.39, 0.29) is 22.8 Å². The van der Waals surface area contributed by atoms with Crippen molar-refractivity contribution in [2.75, 3.05) is 0 Å². The summed E-state index contributed by atoms with van der Waals surface area (Å²) >= 11 is 12.5. The fraction of sp³-hybridized carbons (Fsp3) is 0.111. The van der Waals surface area contributed by atoms with Crippen LogP contribution in [0.2, 0.25) is 10.0 Å². The van der Waals surface area contributed by atoms with E-state index in [4.69, 9.17) is 27.7 Å². The molecule has 4 rings (SSSR count). The van der Waals surface area contributed by atoms with Crippen molar-refractivity contribution in [3.8, 4) is 11.3 Å². The standard InChI is InChI=1S/C18H11Cl2NO3/c1-18(23)10-6-3-2-5-9(10)16(22)14-15(21-24-17(14)18)13-11(19)7-4-8-12(13)20/h2-8,23H,1H3. The van der Waals surface area contributed by atoms with Crippen molar-refractivity contribution in [2.45, 2.75) is 12.5 Å². The average Bonchev–Trinajstić information content (AvgIpc) is 2.99. The van der Waals surface area contributed by atoms with Crippen molar-refractivity contribution in [3.63, 3.8) is 0 Å². The second-order valence-electron chi connectivity index (χ2n) is 5.78. The summed E-state index contributed by atoms with van der Waals surface area (Å²) in [5, 5.41) is 15.6. The van der Waals surface area contributed by atoms with E-state index < -0.39 is 5.60 Å². The van der Waals surface area contributed by atoms with Gasteiger partial charge in [0, 0.05) is 16.7 Å². The maximum absolute atomic E-state index is 13.0. The monoisotopic (exact) mass is 359 g/mol. The van der Waals surface area contributed by atoms with Crippen LogP contribution in [0.25, 0.3) is 11.3 Å². The zero-order valence-corrected chi connectivity index (χ0v) is 14.0. The van der Waals surface area contributed by atoms with E-state index in [2.05, 4.69) is 5.16 Å². The molecule has 1 aliphatic carbocycles. The molecule has 24 heavy (non-hydrogen) atoms. The lowest BCUT2D eigenvalue weighted by Crippen LogP contribution is -2.32. The molecule has 0 spiro atoms. The molecule has 0 radical (unpaired) electrons. The van der Waals surface area contributed by atoms with Crippen molar-refractivity contribution in [2.24, 2.45) is 0 Å². The zero-order chi connectivity index (χ0) is 17.1. The third kappa shape index (κ3) is 1.97. The van der Waals surface area contributed by atoms with Gasteiger partial charge in [-0.05, 0) is 19.1 Å². The molecule has 2 aromatic carbocycles. The molecule has 6 heteroatoms. The average molecular weight is 360 g/mol. The molecular weight excluding hydrogens is 349 g/mol. The third-order valence-electron chi connectivity index (χ3n) is 4.26. The Morgan fingerprint density at radius 1 is 1.04 bits per heavy atom. The van der Waals surface area contributed by atoms with Crippen molar-refractivity contribution >= 4 is 29.0 Å². The van der Waals surface area contributed by atoms with Crippen LogP contribution in [0.15, 0.2) is 47.0 Å². The Bertz CT molecular complexity index is 971. The quantitative estimate of drug-likeness (QED) is 0.697. The van der Waals surface area contributed by atoms with Gasteiger partial charge in [-0.2, -0.15) is 0 Å². The predicted octanol–water partition coefficient (Wildman–Crippen LogP) is 4.45. The SMILES string of the molecule is CC1(O)c2ccccc2C(=O)c2c(-c3c(Cl)cccc3Cl)noc21. The number of fused-ring (bicyclic) bond motifs is 2. The Kier molecular flexibility index (Phi) is 3.32. The lowest BCUT2D eigenvalue weighted by Gasteiger charge is -2.28. The summed E-state index contributed by atoms with van der Waals surface area (Å²) in [7, 11) is 0. The molecule has 0 amide bonds. The first kappa shape index (κ1) is 15.4. The molecule has 120 valence electrons. The van der Waals surface area contributed by atoms with Gasteiger partial charge < -0.3 is 9.63 Å². The van der Waals surface area contributed by atoms with Crippen molar-refractivity contribution in [1.29, 1.82) is 0 Å². The van der Waals surface area contributed by atoms with Gasteiger partial charge >= 0.3 is 0 Å². The van der Waals surface area contributed by atoms with Gasteiger partial charge in [-0.3, -0.25) is 4.79 Å². The molecule has 1 atom stereocenters. The molecule has 0 fully saturated rings. The number of hydrogen-bond acceptors (Lipinski definition) is 4. The zero-order valence-electron chi connectivity index (χ0n) is 12.5. The number of aliphatic hydroxyl groups is 1. The van der Waals surface area contributed by atoms with Gasteiger partial charge in [0.2, 0.25) is 0 Å². The number of ketones is 1. The minimum Gasteiger partial charge on any atom is -0.377 e. The molecule has 0 saturated heterocycles.